The van der Waals surface area contributed by atoms with Crippen molar-refractivity contribution in [2.75, 3.05) is 13.2 Å². The van der Waals surface area contributed by atoms with E-state index in [1.54, 1.807) is 13.8 Å². The molecule has 0 bridgehead atoms. The molecular weight excluding hydrogens is 232 g/mol. The second-order valence-electron chi connectivity index (χ2n) is 3.12. The summed E-state index contributed by atoms with van der Waals surface area (Å²) < 4.78 is 32.3. The summed E-state index contributed by atoms with van der Waals surface area (Å²) in [5, 5.41) is 0. The third-order valence-electron chi connectivity index (χ3n) is 2.02. The number of hydrogen-bond acceptors (Lipinski definition) is 4. The molecule has 16 heavy (non-hydrogen) atoms. The van der Waals surface area contributed by atoms with Crippen LogP contribution in [0.2, 0.25) is 0 Å². The first-order valence-electron chi connectivity index (χ1n) is 4.90. The number of esters is 1. The van der Waals surface area contributed by atoms with E-state index in [0.29, 0.717) is 0 Å². The van der Waals surface area contributed by atoms with Gasteiger partial charge in [-0.05, 0) is 20.8 Å². The van der Waals surface area contributed by atoms with Gasteiger partial charge in [0.05, 0.1) is 17.9 Å². The summed E-state index contributed by atoms with van der Waals surface area (Å²) in [4.78, 5) is 11.5. The summed E-state index contributed by atoms with van der Waals surface area (Å²) in [6, 6.07) is 0. The fraction of sp³-hybridized carbons (Fsp3) is 0.556. The molecule has 0 amide bonds. The molecule has 1 aliphatic heterocycles. The molecule has 0 aromatic heterocycles. The molecule has 0 fully saturated rings. The Morgan fingerprint density at radius 1 is 1.50 bits per heavy atom. The van der Waals surface area contributed by atoms with Crippen molar-refractivity contribution in [3.63, 3.8) is 0 Å². The number of ether oxygens (including phenoxy) is 1. The number of rotatable bonds is 3. The van der Waals surface area contributed by atoms with Gasteiger partial charge in [0, 0.05) is 12.7 Å². The molecule has 0 atom stereocenters. The topological polar surface area (TPSA) is 76.0 Å². The molecule has 0 unspecified atom stereocenters. The van der Waals surface area contributed by atoms with Crippen LogP contribution in [0.1, 0.15) is 20.8 Å². The summed E-state index contributed by atoms with van der Waals surface area (Å²) in [7, 11) is -3.67. The minimum atomic E-state index is -3.67. The van der Waals surface area contributed by atoms with Crippen LogP contribution in [-0.4, -0.2) is 37.6 Å². The third-order valence-corrected chi connectivity index (χ3v) is 3.48. The lowest BCUT2D eigenvalue weighted by molar-refractivity contribution is -0.137. The van der Waals surface area contributed by atoms with Crippen LogP contribution in [0.5, 0.6) is 0 Å². The van der Waals surface area contributed by atoms with Gasteiger partial charge in [0.25, 0.3) is 0 Å². The van der Waals surface area contributed by atoms with Crippen LogP contribution in [0, 0.1) is 0 Å². The molecular formula is C9H14N2O4S. The maximum Gasteiger partial charge on any atom is 0.344 e. The molecule has 1 heterocycles. The SMILES string of the molecule is CCOC(=O)C1=CN(CC)S(=O)(=O)N=C1C. The van der Waals surface area contributed by atoms with Crippen LogP contribution in [0.3, 0.4) is 0 Å². The maximum absolute atomic E-state index is 11.5. The Kier molecular flexibility index (Phi) is 3.69. The molecule has 0 aliphatic carbocycles. The van der Waals surface area contributed by atoms with Crippen LogP contribution < -0.4 is 0 Å². The number of hydrogen-bond donors (Lipinski definition) is 0. The zero-order chi connectivity index (χ0) is 12.3. The molecule has 0 saturated heterocycles. The first kappa shape index (κ1) is 12.7. The van der Waals surface area contributed by atoms with Crippen molar-refractivity contribution in [3.05, 3.63) is 11.8 Å². The zero-order valence-electron chi connectivity index (χ0n) is 9.43. The predicted octanol–water partition coefficient (Wildman–Crippen LogP) is 0.475. The first-order valence-corrected chi connectivity index (χ1v) is 6.29. The zero-order valence-corrected chi connectivity index (χ0v) is 10.2. The smallest absolute Gasteiger partial charge is 0.344 e. The normalized spacial score (nSPS) is 18.8. The van der Waals surface area contributed by atoms with Crippen LogP contribution in [0.15, 0.2) is 16.2 Å². The average Bonchev–Trinajstić information content (AvgIpc) is 2.16. The van der Waals surface area contributed by atoms with E-state index in [0.717, 1.165) is 4.31 Å². The van der Waals surface area contributed by atoms with Gasteiger partial charge in [0.15, 0.2) is 0 Å². The number of carbonyl (C=O) groups is 1. The highest BCUT2D eigenvalue weighted by molar-refractivity contribution is 7.88. The second kappa shape index (κ2) is 4.65. The van der Waals surface area contributed by atoms with Crippen molar-refractivity contribution in [1.82, 2.24) is 4.31 Å². The molecule has 1 rings (SSSR count). The quantitative estimate of drug-likeness (QED) is 0.678. The Morgan fingerprint density at radius 2 is 2.12 bits per heavy atom. The summed E-state index contributed by atoms with van der Waals surface area (Å²) >= 11 is 0. The average molecular weight is 246 g/mol. The molecule has 0 aromatic carbocycles. The Bertz CT molecular complexity index is 450. The minimum Gasteiger partial charge on any atom is -0.462 e. The lowest BCUT2D eigenvalue weighted by atomic mass is 10.2. The van der Waals surface area contributed by atoms with E-state index in [1.807, 2.05) is 0 Å². The molecule has 0 radical (unpaired) electrons. The standard InChI is InChI=1S/C9H14N2O4S/c1-4-11-6-8(9(12)15-5-2)7(3)10-16(11,13)14/h6H,4-5H2,1-3H3. The van der Waals surface area contributed by atoms with E-state index < -0.39 is 16.2 Å². The lowest BCUT2D eigenvalue weighted by Gasteiger charge is -2.21. The summed E-state index contributed by atoms with van der Waals surface area (Å²) in [6.45, 7) is 5.27. The van der Waals surface area contributed by atoms with Crippen molar-refractivity contribution in [2.45, 2.75) is 20.8 Å². The molecule has 1 aliphatic rings. The Labute approximate surface area is 94.8 Å². The third kappa shape index (κ3) is 2.41. The monoisotopic (exact) mass is 246 g/mol. The number of carbonyl (C=O) groups excluding carboxylic acids is 1. The van der Waals surface area contributed by atoms with Gasteiger partial charge in [-0.2, -0.15) is 8.42 Å². The molecule has 0 spiro atoms. The Hall–Kier alpha value is -1.37. The van der Waals surface area contributed by atoms with Gasteiger partial charge in [0.1, 0.15) is 0 Å². The van der Waals surface area contributed by atoms with Crippen LogP contribution in [0.25, 0.3) is 0 Å². The van der Waals surface area contributed by atoms with E-state index in [2.05, 4.69) is 4.40 Å². The van der Waals surface area contributed by atoms with E-state index in [1.165, 1.54) is 13.1 Å². The first-order chi connectivity index (χ1) is 7.42. The van der Waals surface area contributed by atoms with Gasteiger partial charge in [-0.3, -0.25) is 4.31 Å². The van der Waals surface area contributed by atoms with Gasteiger partial charge < -0.3 is 4.74 Å². The van der Waals surface area contributed by atoms with E-state index >= 15 is 0 Å². The van der Waals surface area contributed by atoms with Gasteiger partial charge in [-0.1, -0.05) is 0 Å². The summed E-state index contributed by atoms with van der Waals surface area (Å²) in [6.07, 6.45) is 1.26. The van der Waals surface area contributed by atoms with Crippen molar-refractivity contribution >= 4 is 21.9 Å². The molecule has 0 aromatic rings. The van der Waals surface area contributed by atoms with Crippen molar-refractivity contribution in [3.8, 4) is 0 Å². The van der Waals surface area contributed by atoms with Gasteiger partial charge in [-0.25, -0.2) is 4.79 Å². The predicted molar refractivity (Wildman–Crippen MR) is 59.1 cm³/mol. The van der Waals surface area contributed by atoms with Crippen LogP contribution >= 0.6 is 0 Å². The Balaban J connectivity index is 3.09. The molecule has 0 N–H and O–H groups in total. The second-order valence-corrected chi connectivity index (χ2v) is 4.67. The number of nitrogens with zero attached hydrogens (tertiary/aromatic N) is 2. The Morgan fingerprint density at radius 3 is 2.62 bits per heavy atom. The maximum atomic E-state index is 11.5. The van der Waals surface area contributed by atoms with Gasteiger partial charge in [0.2, 0.25) is 0 Å². The highest BCUT2D eigenvalue weighted by atomic mass is 32.2. The van der Waals surface area contributed by atoms with Crippen molar-refractivity contribution < 1.29 is 17.9 Å². The van der Waals surface area contributed by atoms with E-state index in [9.17, 15) is 13.2 Å². The minimum absolute atomic E-state index is 0.156. The lowest BCUT2D eigenvalue weighted by Crippen LogP contribution is -2.31. The van der Waals surface area contributed by atoms with E-state index in [4.69, 9.17) is 4.74 Å². The van der Waals surface area contributed by atoms with E-state index in [-0.39, 0.29) is 24.4 Å². The highest BCUT2D eigenvalue weighted by Crippen LogP contribution is 2.16. The summed E-state index contributed by atoms with van der Waals surface area (Å²) in [5.74, 6) is -0.558. The highest BCUT2D eigenvalue weighted by Gasteiger charge is 2.27. The fourth-order valence-corrected chi connectivity index (χ4v) is 2.36. The van der Waals surface area contributed by atoms with Crippen molar-refractivity contribution in [2.24, 2.45) is 4.40 Å². The molecule has 90 valence electrons. The molecule has 0 saturated carbocycles. The van der Waals surface area contributed by atoms with Crippen molar-refractivity contribution in [1.29, 1.82) is 0 Å². The molecule has 6 nitrogen and oxygen atoms in total. The van der Waals surface area contributed by atoms with Crippen LogP contribution in [0.4, 0.5) is 0 Å². The molecule has 7 heteroatoms. The largest absolute Gasteiger partial charge is 0.462 e. The van der Waals surface area contributed by atoms with Gasteiger partial charge >= 0.3 is 16.2 Å². The summed E-state index contributed by atoms with van der Waals surface area (Å²) in [5.41, 5.74) is 0.335. The fourth-order valence-electron chi connectivity index (χ4n) is 1.24. The van der Waals surface area contributed by atoms with Gasteiger partial charge in [-0.15, -0.1) is 4.40 Å². The van der Waals surface area contributed by atoms with Crippen LogP contribution in [-0.2, 0) is 19.7 Å².